The maximum Gasteiger partial charge on any atom is 0.238 e. The Hall–Kier alpha value is -3.06. The topological polar surface area (TPSA) is 79.9 Å². The Kier molecular flexibility index (Phi) is 7.89. The molecule has 2 aromatic carbocycles. The molecule has 3 rings (SSSR count). The van der Waals surface area contributed by atoms with E-state index >= 15 is 0 Å². The van der Waals surface area contributed by atoms with E-state index in [9.17, 15) is 9.59 Å². The fraction of sp³-hybridized carbons (Fsp3) is 0.417. The van der Waals surface area contributed by atoms with E-state index in [1.807, 2.05) is 68.1 Å². The van der Waals surface area contributed by atoms with Gasteiger partial charge in [0.05, 0.1) is 19.1 Å². The van der Waals surface area contributed by atoms with Gasteiger partial charge in [-0.1, -0.05) is 31.2 Å². The average Bonchev–Trinajstić information content (AvgIpc) is 2.75. The number of nitrogens with one attached hydrogen (secondary N) is 2. The van der Waals surface area contributed by atoms with Crippen molar-refractivity contribution in [3.63, 3.8) is 0 Å². The number of carbonyl (C=O) groups excluding carboxylic acids is 2. The molecule has 2 N–H and O–H groups in total. The second-order valence-electron chi connectivity index (χ2n) is 7.77. The van der Waals surface area contributed by atoms with Gasteiger partial charge in [-0.25, -0.2) is 0 Å². The highest BCUT2D eigenvalue weighted by Crippen LogP contribution is 2.32. The summed E-state index contributed by atoms with van der Waals surface area (Å²) in [7, 11) is 0. The van der Waals surface area contributed by atoms with Crippen molar-refractivity contribution in [1.29, 1.82) is 0 Å². The van der Waals surface area contributed by atoms with Crippen molar-refractivity contribution in [2.45, 2.75) is 33.2 Å². The van der Waals surface area contributed by atoms with Crippen molar-refractivity contribution >= 4 is 17.5 Å². The van der Waals surface area contributed by atoms with Gasteiger partial charge in [0.2, 0.25) is 11.8 Å². The van der Waals surface area contributed by atoms with Gasteiger partial charge < -0.3 is 20.1 Å². The number of rotatable bonds is 9. The Labute approximate surface area is 183 Å². The summed E-state index contributed by atoms with van der Waals surface area (Å²) in [5, 5.41) is 5.95. The molecule has 0 radical (unpaired) electrons. The Morgan fingerprint density at radius 2 is 1.74 bits per heavy atom. The maximum atomic E-state index is 12.7. The zero-order valence-electron chi connectivity index (χ0n) is 18.4. The summed E-state index contributed by atoms with van der Waals surface area (Å²) in [6.45, 7) is 7.95. The molecule has 0 bridgehead atoms. The average molecular weight is 426 g/mol. The summed E-state index contributed by atoms with van der Waals surface area (Å²) >= 11 is 0. The lowest BCUT2D eigenvalue weighted by Gasteiger charge is -2.23. The van der Waals surface area contributed by atoms with Crippen LogP contribution in [0.3, 0.4) is 0 Å². The summed E-state index contributed by atoms with van der Waals surface area (Å²) in [6, 6.07) is 13.2. The molecule has 0 spiro atoms. The molecule has 31 heavy (non-hydrogen) atoms. The number of nitrogens with zero attached hydrogens (tertiary/aromatic N) is 1. The number of fused-ring (bicyclic) bond motifs is 1. The van der Waals surface area contributed by atoms with Crippen molar-refractivity contribution < 1.29 is 19.1 Å². The number of para-hydroxylation sites is 1. The molecule has 1 aliphatic rings. The van der Waals surface area contributed by atoms with Crippen LogP contribution in [0.25, 0.3) is 0 Å². The molecule has 7 nitrogen and oxygen atoms in total. The van der Waals surface area contributed by atoms with Crippen LogP contribution in [0.1, 0.15) is 37.4 Å². The fourth-order valence-corrected chi connectivity index (χ4v) is 3.54. The van der Waals surface area contributed by atoms with Gasteiger partial charge in [0, 0.05) is 5.69 Å². The summed E-state index contributed by atoms with van der Waals surface area (Å²) in [4.78, 5) is 27.0. The minimum Gasteiger partial charge on any atom is -0.486 e. The zero-order valence-corrected chi connectivity index (χ0v) is 18.4. The summed E-state index contributed by atoms with van der Waals surface area (Å²) < 4.78 is 11.2. The lowest BCUT2D eigenvalue weighted by molar-refractivity contribution is -0.124. The van der Waals surface area contributed by atoms with Crippen LogP contribution in [0, 0.1) is 6.92 Å². The molecular formula is C24H31N3O4. The molecule has 0 saturated carbocycles. The number of aryl methyl sites for hydroxylation is 1. The molecule has 0 unspecified atom stereocenters. The van der Waals surface area contributed by atoms with Crippen molar-refractivity contribution in [3.05, 3.63) is 53.6 Å². The van der Waals surface area contributed by atoms with Crippen molar-refractivity contribution in [3.8, 4) is 11.5 Å². The minimum atomic E-state index is -0.187. The minimum absolute atomic E-state index is 0.125. The number of ether oxygens (including phenoxy) is 2. The molecule has 0 aromatic heterocycles. The van der Waals surface area contributed by atoms with Crippen molar-refractivity contribution in [1.82, 2.24) is 10.2 Å². The lowest BCUT2D eigenvalue weighted by Crippen LogP contribution is -2.42. The number of anilines is 1. The zero-order chi connectivity index (χ0) is 22.2. The highest BCUT2D eigenvalue weighted by molar-refractivity contribution is 5.93. The first-order chi connectivity index (χ1) is 15.0. The summed E-state index contributed by atoms with van der Waals surface area (Å²) in [6.07, 6.45) is 0.850. The highest BCUT2D eigenvalue weighted by atomic mass is 16.6. The predicted molar refractivity (Wildman–Crippen MR) is 121 cm³/mol. The number of benzene rings is 2. The van der Waals surface area contributed by atoms with E-state index in [2.05, 4.69) is 10.6 Å². The van der Waals surface area contributed by atoms with Crippen LogP contribution in [-0.4, -0.2) is 49.6 Å². The van der Waals surface area contributed by atoms with Gasteiger partial charge in [0.15, 0.2) is 11.5 Å². The molecule has 166 valence electrons. The van der Waals surface area contributed by atoms with E-state index in [1.54, 1.807) is 0 Å². The van der Waals surface area contributed by atoms with Crippen LogP contribution >= 0.6 is 0 Å². The van der Waals surface area contributed by atoms with Crippen molar-refractivity contribution in [2.75, 3.05) is 38.2 Å². The van der Waals surface area contributed by atoms with E-state index in [0.717, 1.165) is 29.0 Å². The van der Waals surface area contributed by atoms with E-state index in [-0.39, 0.29) is 30.9 Å². The third-order valence-electron chi connectivity index (χ3n) is 5.14. The quantitative estimate of drug-likeness (QED) is 0.645. The van der Waals surface area contributed by atoms with Crippen LogP contribution < -0.4 is 20.1 Å². The molecule has 1 aliphatic heterocycles. The second-order valence-corrected chi connectivity index (χ2v) is 7.77. The number of carbonyl (C=O) groups is 2. The molecule has 2 amide bonds. The van der Waals surface area contributed by atoms with Gasteiger partial charge in [-0.05, 0) is 56.1 Å². The van der Waals surface area contributed by atoms with Gasteiger partial charge in [0.25, 0.3) is 0 Å². The normalized spacial score (nSPS) is 13.5. The Morgan fingerprint density at radius 3 is 2.48 bits per heavy atom. The van der Waals surface area contributed by atoms with Crippen LogP contribution in [0.5, 0.6) is 11.5 Å². The standard InChI is InChI=1S/C24H31N3O4/c1-4-11-27(16-24(29)26-20-8-6-5-7-17(20)2)15-23(28)25-18(3)19-9-10-21-22(14-19)31-13-12-30-21/h5-10,14,18H,4,11-13,15-16H2,1-3H3,(H,25,28)(H,26,29)/t18-/m1/s1. The highest BCUT2D eigenvalue weighted by Gasteiger charge is 2.18. The van der Waals surface area contributed by atoms with Gasteiger partial charge in [-0.15, -0.1) is 0 Å². The van der Waals surface area contributed by atoms with Crippen LogP contribution in [-0.2, 0) is 9.59 Å². The Morgan fingerprint density at radius 1 is 1.03 bits per heavy atom. The molecular weight excluding hydrogens is 394 g/mol. The van der Waals surface area contributed by atoms with Gasteiger partial charge in [0.1, 0.15) is 13.2 Å². The molecule has 1 atom stereocenters. The third-order valence-corrected chi connectivity index (χ3v) is 5.14. The van der Waals surface area contributed by atoms with Crippen molar-refractivity contribution in [2.24, 2.45) is 0 Å². The first kappa shape index (κ1) is 22.6. The predicted octanol–water partition coefficient (Wildman–Crippen LogP) is 3.29. The number of hydrogen-bond donors (Lipinski definition) is 2. The Balaban J connectivity index is 1.54. The fourth-order valence-electron chi connectivity index (χ4n) is 3.54. The monoisotopic (exact) mass is 425 g/mol. The SMILES string of the molecule is CCCN(CC(=O)Nc1ccccc1C)CC(=O)N[C@H](C)c1ccc2c(c1)OCCO2. The molecule has 0 saturated heterocycles. The first-order valence-corrected chi connectivity index (χ1v) is 10.7. The second kappa shape index (κ2) is 10.8. The molecule has 2 aromatic rings. The number of amides is 2. The first-order valence-electron chi connectivity index (χ1n) is 10.7. The van der Waals surface area contributed by atoms with E-state index < -0.39 is 0 Å². The van der Waals surface area contributed by atoms with Gasteiger partial charge >= 0.3 is 0 Å². The third kappa shape index (κ3) is 6.46. The van der Waals surface area contributed by atoms with Crippen LogP contribution in [0.2, 0.25) is 0 Å². The number of hydrogen-bond acceptors (Lipinski definition) is 5. The lowest BCUT2D eigenvalue weighted by atomic mass is 10.1. The molecule has 7 heteroatoms. The largest absolute Gasteiger partial charge is 0.486 e. The van der Waals surface area contributed by atoms with E-state index in [0.29, 0.717) is 25.5 Å². The van der Waals surface area contributed by atoms with Crippen LogP contribution in [0.4, 0.5) is 5.69 Å². The van der Waals surface area contributed by atoms with Gasteiger partial charge in [-0.3, -0.25) is 14.5 Å². The van der Waals surface area contributed by atoms with E-state index in [4.69, 9.17) is 9.47 Å². The van der Waals surface area contributed by atoms with Gasteiger partial charge in [-0.2, -0.15) is 0 Å². The Bertz CT molecular complexity index is 915. The smallest absolute Gasteiger partial charge is 0.238 e. The van der Waals surface area contributed by atoms with E-state index in [1.165, 1.54) is 0 Å². The summed E-state index contributed by atoms with van der Waals surface area (Å²) in [5.41, 5.74) is 2.74. The maximum absolute atomic E-state index is 12.7. The molecule has 0 fully saturated rings. The molecule has 1 heterocycles. The van der Waals surface area contributed by atoms with Crippen LogP contribution in [0.15, 0.2) is 42.5 Å². The molecule has 0 aliphatic carbocycles. The summed E-state index contributed by atoms with van der Waals surface area (Å²) in [5.74, 6) is 1.17.